The second kappa shape index (κ2) is 14.3. The summed E-state index contributed by atoms with van der Waals surface area (Å²) in [6, 6.07) is 0. The Morgan fingerprint density at radius 3 is 2.17 bits per heavy atom. The maximum absolute atomic E-state index is 5.26. The molecule has 0 bridgehead atoms. The Bertz CT molecular complexity index is 229. The van der Waals surface area contributed by atoms with E-state index in [2.05, 4.69) is 19.1 Å². The third-order valence-electron chi connectivity index (χ3n) is 2.62. The molecule has 1 aliphatic carbocycles. The van der Waals surface area contributed by atoms with Gasteiger partial charge in [-0.05, 0) is 12.5 Å². The van der Waals surface area contributed by atoms with E-state index in [9.17, 15) is 0 Å². The van der Waals surface area contributed by atoms with Crippen LogP contribution in [-0.2, 0) is 9.47 Å². The van der Waals surface area contributed by atoms with Gasteiger partial charge >= 0.3 is 0 Å². The summed E-state index contributed by atoms with van der Waals surface area (Å²) in [6.07, 6.45) is 7.62. The van der Waals surface area contributed by atoms with E-state index < -0.39 is 0 Å². The van der Waals surface area contributed by atoms with Gasteiger partial charge in [-0.1, -0.05) is 52.7 Å². The zero-order valence-electron chi connectivity index (χ0n) is 13.4. The first-order valence-electron chi connectivity index (χ1n) is 7.24. The molecule has 1 rings (SSSR count). The van der Waals surface area contributed by atoms with Crippen molar-refractivity contribution in [2.24, 2.45) is 5.92 Å². The molecule has 1 atom stereocenters. The summed E-state index contributed by atoms with van der Waals surface area (Å²) in [5.41, 5.74) is 1.50. The van der Waals surface area contributed by atoms with E-state index in [1.807, 2.05) is 27.7 Å². The molecule has 0 aliphatic heterocycles. The Balaban J connectivity index is 0. The average Bonchev–Trinajstić information content (AvgIpc) is 2.45. The number of hydrogen-bond acceptors (Lipinski definition) is 2. The molecule has 1 unspecified atom stereocenters. The largest absolute Gasteiger partial charge is 0.501 e. The van der Waals surface area contributed by atoms with Crippen molar-refractivity contribution >= 4 is 0 Å². The summed E-state index contributed by atoms with van der Waals surface area (Å²) < 4.78 is 10.5. The van der Waals surface area contributed by atoms with E-state index in [1.165, 1.54) is 18.4 Å². The van der Waals surface area contributed by atoms with Crippen LogP contribution in [-0.4, -0.2) is 20.8 Å². The lowest BCUT2D eigenvalue weighted by Crippen LogP contribution is -2.15. The Labute approximate surface area is 114 Å². The predicted octanol–water partition coefficient (Wildman–Crippen LogP) is 4.96. The molecular formula is C16H32O2. The molecule has 2 heteroatoms. The van der Waals surface area contributed by atoms with E-state index in [-0.39, 0.29) is 0 Å². The summed E-state index contributed by atoms with van der Waals surface area (Å²) in [7, 11) is 3.49. The van der Waals surface area contributed by atoms with E-state index in [0.29, 0.717) is 5.92 Å². The topological polar surface area (TPSA) is 18.5 Å². The van der Waals surface area contributed by atoms with E-state index >= 15 is 0 Å². The van der Waals surface area contributed by atoms with Crippen molar-refractivity contribution in [3.05, 3.63) is 23.5 Å². The summed E-state index contributed by atoms with van der Waals surface area (Å²) in [5, 5.41) is 0. The van der Waals surface area contributed by atoms with E-state index in [0.717, 1.165) is 18.8 Å². The van der Waals surface area contributed by atoms with Crippen molar-refractivity contribution in [1.82, 2.24) is 0 Å². The van der Waals surface area contributed by atoms with Crippen LogP contribution in [0.4, 0.5) is 0 Å². The van der Waals surface area contributed by atoms with Crippen LogP contribution in [0.5, 0.6) is 0 Å². The van der Waals surface area contributed by atoms with Gasteiger partial charge in [-0.15, -0.1) is 0 Å². The summed E-state index contributed by atoms with van der Waals surface area (Å²) >= 11 is 0. The monoisotopic (exact) mass is 256 g/mol. The van der Waals surface area contributed by atoms with Gasteiger partial charge in [0.1, 0.15) is 0 Å². The molecule has 2 nitrogen and oxygen atoms in total. The first kappa shape index (κ1) is 19.6. The molecule has 0 fully saturated rings. The van der Waals surface area contributed by atoms with Gasteiger partial charge in [0.2, 0.25) is 0 Å². The lowest BCUT2D eigenvalue weighted by molar-refractivity contribution is 0.151. The molecule has 0 heterocycles. The molecule has 0 saturated carbocycles. The van der Waals surface area contributed by atoms with Crippen LogP contribution in [0.15, 0.2) is 23.5 Å². The third kappa shape index (κ3) is 7.54. The Hall–Kier alpha value is -0.760. The zero-order chi connectivity index (χ0) is 14.4. The normalized spacial score (nSPS) is 17.4. The number of allylic oxidation sites excluding steroid dienone is 3. The molecule has 0 amide bonds. The number of ether oxygens (including phenoxy) is 2. The second-order valence-electron chi connectivity index (χ2n) is 3.69. The molecule has 0 N–H and O–H groups in total. The Morgan fingerprint density at radius 1 is 1.11 bits per heavy atom. The fraction of sp³-hybridized carbons (Fsp3) is 0.750. The first-order chi connectivity index (χ1) is 8.81. The summed E-state index contributed by atoms with van der Waals surface area (Å²) in [4.78, 5) is 0. The molecule has 18 heavy (non-hydrogen) atoms. The highest BCUT2D eigenvalue weighted by molar-refractivity contribution is 5.24. The van der Waals surface area contributed by atoms with Crippen LogP contribution in [0.25, 0.3) is 0 Å². The van der Waals surface area contributed by atoms with Crippen LogP contribution in [0.2, 0.25) is 0 Å². The van der Waals surface area contributed by atoms with Crippen LogP contribution >= 0.6 is 0 Å². The maximum atomic E-state index is 5.26. The molecule has 0 aromatic carbocycles. The molecule has 0 saturated heterocycles. The van der Waals surface area contributed by atoms with Gasteiger partial charge in [0.15, 0.2) is 0 Å². The molecule has 0 aromatic heterocycles. The highest BCUT2D eigenvalue weighted by Crippen LogP contribution is 2.28. The minimum absolute atomic E-state index is 0.514. The van der Waals surface area contributed by atoms with E-state index in [4.69, 9.17) is 9.47 Å². The number of hydrogen-bond donors (Lipinski definition) is 0. The van der Waals surface area contributed by atoms with Gasteiger partial charge in [-0.3, -0.25) is 0 Å². The molecule has 108 valence electrons. The predicted molar refractivity (Wildman–Crippen MR) is 80.8 cm³/mol. The summed E-state index contributed by atoms with van der Waals surface area (Å²) in [5.74, 6) is 1.58. The minimum Gasteiger partial charge on any atom is -0.501 e. The van der Waals surface area contributed by atoms with Crippen molar-refractivity contribution in [2.45, 2.75) is 53.9 Å². The molecule has 0 spiro atoms. The smallest absolute Gasteiger partial charge is 0.0962 e. The van der Waals surface area contributed by atoms with Crippen LogP contribution in [0.3, 0.4) is 0 Å². The van der Waals surface area contributed by atoms with Crippen molar-refractivity contribution in [3.63, 3.8) is 0 Å². The average molecular weight is 256 g/mol. The van der Waals surface area contributed by atoms with Gasteiger partial charge in [0.25, 0.3) is 0 Å². The Kier molecular flexibility index (Phi) is 15.6. The molecule has 1 aliphatic rings. The van der Waals surface area contributed by atoms with Crippen LogP contribution < -0.4 is 0 Å². The third-order valence-corrected chi connectivity index (χ3v) is 2.62. The standard InChI is InChI=1S/C12H20O2.2C2H6/c1-4-5-10-6-7-12(14-3)8-11(10)9-13-2;2*1-2/h6-7,11H,4-5,8-9H2,1-3H3;2*1-2H3. The number of rotatable bonds is 5. The molecule has 0 radical (unpaired) electrons. The van der Waals surface area contributed by atoms with Crippen LogP contribution in [0, 0.1) is 5.92 Å². The Morgan fingerprint density at radius 2 is 1.72 bits per heavy atom. The first-order valence-corrected chi connectivity index (χ1v) is 7.24. The van der Waals surface area contributed by atoms with Gasteiger partial charge in [-0.2, -0.15) is 0 Å². The fourth-order valence-electron chi connectivity index (χ4n) is 1.87. The van der Waals surface area contributed by atoms with Gasteiger partial charge in [-0.25, -0.2) is 0 Å². The zero-order valence-corrected chi connectivity index (χ0v) is 13.4. The van der Waals surface area contributed by atoms with Crippen molar-refractivity contribution in [1.29, 1.82) is 0 Å². The van der Waals surface area contributed by atoms with E-state index in [1.54, 1.807) is 14.2 Å². The quantitative estimate of drug-likeness (QED) is 0.692. The summed E-state index contributed by atoms with van der Waals surface area (Å²) in [6.45, 7) is 11.0. The number of methoxy groups -OCH3 is 2. The lowest BCUT2D eigenvalue weighted by atomic mass is 9.88. The minimum atomic E-state index is 0.514. The molecular weight excluding hydrogens is 224 g/mol. The van der Waals surface area contributed by atoms with Crippen molar-refractivity contribution in [3.8, 4) is 0 Å². The van der Waals surface area contributed by atoms with Crippen molar-refractivity contribution in [2.75, 3.05) is 20.8 Å². The lowest BCUT2D eigenvalue weighted by Gasteiger charge is -2.23. The fourth-order valence-corrected chi connectivity index (χ4v) is 1.87. The molecule has 0 aromatic rings. The maximum Gasteiger partial charge on any atom is 0.0962 e. The second-order valence-corrected chi connectivity index (χ2v) is 3.69. The van der Waals surface area contributed by atoms with Crippen LogP contribution in [0.1, 0.15) is 53.9 Å². The highest BCUT2D eigenvalue weighted by Gasteiger charge is 2.18. The SMILES string of the molecule is CC.CC.CCCC1=CC=C(OC)CC1COC. The highest BCUT2D eigenvalue weighted by atomic mass is 16.5. The van der Waals surface area contributed by atoms with Crippen molar-refractivity contribution < 1.29 is 9.47 Å². The van der Waals surface area contributed by atoms with Gasteiger partial charge in [0.05, 0.1) is 19.5 Å². The van der Waals surface area contributed by atoms with Gasteiger partial charge < -0.3 is 9.47 Å². The van der Waals surface area contributed by atoms with Gasteiger partial charge in [0, 0.05) is 19.4 Å².